The first kappa shape index (κ1) is 35.3. The van der Waals surface area contributed by atoms with Crippen LogP contribution in [0.4, 0.5) is 0 Å². The molecule has 1 aliphatic rings. The van der Waals surface area contributed by atoms with Crippen molar-refractivity contribution in [2.45, 2.75) is 39.9 Å². The molecule has 0 N–H and O–H groups in total. The lowest BCUT2D eigenvalue weighted by Gasteiger charge is -2.20. The Bertz CT molecular complexity index is 2240. The van der Waals surface area contributed by atoms with Gasteiger partial charge in [-0.3, -0.25) is 28.9 Å². The summed E-state index contributed by atoms with van der Waals surface area (Å²) in [4.78, 5) is 81.7. The van der Waals surface area contributed by atoms with Crippen LogP contribution in [0.3, 0.4) is 0 Å². The number of Topliss-reactive ketones (excluding diaryl/α,β-unsaturated/α-hetero) is 2. The molecule has 260 valence electrons. The molecule has 0 unspecified atom stereocenters. The molecule has 0 radical (unpaired) electrons. The van der Waals surface area contributed by atoms with Gasteiger partial charge < -0.3 is 9.47 Å². The molecule has 6 rings (SSSR count). The van der Waals surface area contributed by atoms with Crippen LogP contribution in [0.1, 0.15) is 97.4 Å². The van der Waals surface area contributed by atoms with E-state index in [-0.39, 0.29) is 16.7 Å². The molecule has 9 nitrogen and oxygen atoms in total. The second kappa shape index (κ2) is 14.8. The molecular weight excluding hydrogens is 658 g/mol. The van der Waals surface area contributed by atoms with Gasteiger partial charge in [-0.2, -0.15) is 0 Å². The molecule has 0 saturated heterocycles. The quantitative estimate of drug-likeness (QED) is 0.0793. The van der Waals surface area contributed by atoms with Crippen molar-refractivity contribution in [3.05, 3.63) is 176 Å². The van der Waals surface area contributed by atoms with Crippen molar-refractivity contribution in [1.29, 1.82) is 0 Å². The van der Waals surface area contributed by atoms with Crippen molar-refractivity contribution >= 4 is 35.3 Å². The predicted octanol–water partition coefficient (Wildman–Crippen LogP) is 7.46. The number of carbonyl (C=O) groups is 6. The molecule has 1 heterocycles. The van der Waals surface area contributed by atoms with Gasteiger partial charge in [0, 0.05) is 22.3 Å². The normalized spacial score (nSPS) is 13.3. The zero-order chi connectivity index (χ0) is 37.1. The van der Waals surface area contributed by atoms with E-state index in [9.17, 15) is 28.8 Å². The number of hydrogen-bond acceptors (Lipinski definition) is 8. The summed E-state index contributed by atoms with van der Waals surface area (Å²) in [7, 11) is 0. The number of ketones is 2. The number of ether oxygens (including phenoxy) is 2. The lowest BCUT2D eigenvalue weighted by Crippen LogP contribution is -2.36. The lowest BCUT2D eigenvalue weighted by molar-refractivity contribution is -0.147. The van der Waals surface area contributed by atoms with E-state index < -0.39 is 54.1 Å². The molecule has 2 atom stereocenters. The predicted molar refractivity (Wildman–Crippen MR) is 192 cm³/mol. The Morgan fingerprint density at radius 1 is 0.519 bits per heavy atom. The molecule has 0 spiro atoms. The first-order valence-electron chi connectivity index (χ1n) is 16.7. The second-order valence-electron chi connectivity index (χ2n) is 12.8. The maximum atomic E-state index is 13.7. The minimum absolute atomic E-state index is 0.0222. The first-order chi connectivity index (χ1) is 24.9. The van der Waals surface area contributed by atoms with Crippen LogP contribution in [0.5, 0.6) is 0 Å². The van der Waals surface area contributed by atoms with E-state index in [1.165, 1.54) is 18.2 Å². The Morgan fingerprint density at radius 2 is 0.981 bits per heavy atom. The average Bonchev–Trinajstić information content (AvgIpc) is 3.39. The van der Waals surface area contributed by atoms with Gasteiger partial charge in [-0.25, -0.2) is 4.79 Å². The third-order valence-electron chi connectivity index (χ3n) is 9.23. The molecule has 0 saturated carbocycles. The molecule has 5 aromatic rings. The second-order valence-corrected chi connectivity index (χ2v) is 12.8. The van der Waals surface area contributed by atoms with Crippen LogP contribution in [-0.4, -0.2) is 46.8 Å². The minimum Gasteiger partial charge on any atom is -0.448 e. The van der Waals surface area contributed by atoms with Crippen LogP contribution < -0.4 is 0 Å². The van der Waals surface area contributed by atoms with Crippen LogP contribution >= 0.6 is 0 Å². The van der Waals surface area contributed by atoms with Crippen molar-refractivity contribution in [3.8, 4) is 0 Å². The minimum atomic E-state index is -1.32. The van der Waals surface area contributed by atoms with E-state index in [2.05, 4.69) is 0 Å². The van der Waals surface area contributed by atoms with Gasteiger partial charge in [-0.05, 0) is 80.3 Å². The highest BCUT2D eigenvalue weighted by molar-refractivity contribution is 6.23. The van der Waals surface area contributed by atoms with Gasteiger partial charge in [0.1, 0.15) is 6.54 Å². The molecule has 0 aliphatic carbocycles. The fourth-order valence-corrected chi connectivity index (χ4v) is 5.93. The number of hydrogen-bond donors (Lipinski definition) is 0. The zero-order valence-corrected chi connectivity index (χ0v) is 29.0. The van der Waals surface area contributed by atoms with Gasteiger partial charge in [-0.15, -0.1) is 0 Å². The Labute approximate surface area is 300 Å². The maximum absolute atomic E-state index is 13.7. The van der Waals surface area contributed by atoms with Crippen LogP contribution in [-0.2, 0) is 14.3 Å². The first-order valence-corrected chi connectivity index (χ1v) is 16.7. The van der Waals surface area contributed by atoms with Gasteiger partial charge in [0.25, 0.3) is 11.8 Å². The Morgan fingerprint density at radius 3 is 1.48 bits per heavy atom. The van der Waals surface area contributed by atoms with E-state index in [1.54, 1.807) is 91.0 Å². The van der Waals surface area contributed by atoms with Crippen molar-refractivity contribution in [2.75, 3.05) is 6.54 Å². The van der Waals surface area contributed by atoms with Gasteiger partial charge in [0.15, 0.2) is 12.2 Å². The van der Waals surface area contributed by atoms with E-state index >= 15 is 0 Å². The summed E-state index contributed by atoms with van der Waals surface area (Å²) in [5.41, 5.74) is 5.18. The molecule has 5 aromatic carbocycles. The fraction of sp³-hybridized carbons (Fsp3) is 0.163. The number of nitrogens with zero attached hydrogens (tertiary/aromatic N) is 1. The number of benzene rings is 5. The van der Waals surface area contributed by atoms with Crippen molar-refractivity contribution in [1.82, 2.24) is 4.90 Å². The SMILES string of the molecule is Cc1ccc(C(=O)[C@H](OC(=O)CN2C(=O)c3ccc(C(=O)O[C@@H](C(=O)c4ccc(C)c(C)c4)c4ccccc4)cc3C2=O)c2ccccc2)cc1C. The largest absolute Gasteiger partial charge is 0.448 e. The molecular formula is C43H35NO8. The van der Waals surface area contributed by atoms with Gasteiger partial charge >= 0.3 is 11.9 Å². The highest BCUT2D eigenvalue weighted by atomic mass is 16.6. The number of amides is 2. The number of imide groups is 1. The lowest BCUT2D eigenvalue weighted by atomic mass is 9.97. The van der Waals surface area contributed by atoms with Crippen molar-refractivity contribution in [2.24, 2.45) is 0 Å². The van der Waals surface area contributed by atoms with Crippen LogP contribution in [0.2, 0.25) is 0 Å². The van der Waals surface area contributed by atoms with E-state index in [1.807, 2.05) is 33.8 Å². The molecule has 1 aliphatic heterocycles. The number of aryl methyl sites for hydroxylation is 4. The maximum Gasteiger partial charge on any atom is 0.339 e. The Balaban J connectivity index is 1.20. The highest BCUT2D eigenvalue weighted by Crippen LogP contribution is 2.29. The number of carbonyl (C=O) groups excluding carboxylic acids is 6. The van der Waals surface area contributed by atoms with E-state index in [4.69, 9.17) is 9.47 Å². The van der Waals surface area contributed by atoms with Crippen molar-refractivity contribution in [3.63, 3.8) is 0 Å². The van der Waals surface area contributed by atoms with Crippen LogP contribution in [0.25, 0.3) is 0 Å². The number of fused-ring (bicyclic) bond motifs is 1. The summed E-state index contributed by atoms with van der Waals surface area (Å²) in [6, 6.07) is 31.3. The fourth-order valence-electron chi connectivity index (χ4n) is 5.93. The number of esters is 2. The summed E-state index contributed by atoms with van der Waals surface area (Å²) < 4.78 is 11.4. The van der Waals surface area contributed by atoms with Gasteiger partial charge in [0.2, 0.25) is 11.6 Å². The summed E-state index contributed by atoms with van der Waals surface area (Å²) in [5, 5.41) is 0. The molecule has 0 fully saturated rings. The molecule has 0 bridgehead atoms. The van der Waals surface area contributed by atoms with Gasteiger partial charge in [-0.1, -0.05) is 84.9 Å². The monoisotopic (exact) mass is 693 g/mol. The molecule has 0 aromatic heterocycles. The summed E-state index contributed by atoms with van der Waals surface area (Å²) >= 11 is 0. The topological polar surface area (TPSA) is 124 Å². The zero-order valence-electron chi connectivity index (χ0n) is 29.0. The summed E-state index contributed by atoms with van der Waals surface area (Å²) in [6.45, 7) is 6.83. The molecule has 2 amide bonds. The summed E-state index contributed by atoms with van der Waals surface area (Å²) in [6.07, 6.45) is -2.60. The third-order valence-corrected chi connectivity index (χ3v) is 9.23. The molecule has 52 heavy (non-hydrogen) atoms. The third kappa shape index (κ3) is 7.20. The van der Waals surface area contributed by atoms with Gasteiger partial charge in [0.05, 0.1) is 16.7 Å². The highest BCUT2D eigenvalue weighted by Gasteiger charge is 2.39. The van der Waals surface area contributed by atoms with E-state index in [0.717, 1.165) is 22.3 Å². The van der Waals surface area contributed by atoms with Crippen LogP contribution in [0, 0.1) is 27.7 Å². The van der Waals surface area contributed by atoms with Crippen LogP contribution in [0.15, 0.2) is 115 Å². The standard InChI is InChI=1S/C43H35NO8/c1-25-15-17-31(21-27(25)3)37(46)39(29-11-7-5-8-12-29)51-36(45)24-44-41(48)34-20-19-33(23-35(34)42(44)49)43(50)52-40(30-13-9-6-10-14-30)38(47)32-18-16-26(2)28(4)22-32/h5-23,39-40H,24H2,1-4H3/t39-,40-/m1/s1. The Hall–Kier alpha value is -6.48. The molecule has 9 heteroatoms. The Kier molecular flexibility index (Phi) is 10.1. The van der Waals surface area contributed by atoms with Crippen molar-refractivity contribution < 1.29 is 38.2 Å². The smallest absolute Gasteiger partial charge is 0.339 e. The average molecular weight is 694 g/mol. The summed E-state index contributed by atoms with van der Waals surface area (Å²) in [5.74, 6) is -4.34. The van der Waals surface area contributed by atoms with E-state index in [0.29, 0.717) is 27.2 Å². The number of rotatable bonds is 11.